The Kier molecular flexibility index (Phi) is 9.93. The molecule has 3 heteroatoms. The highest BCUT2D eigenvalue weighted by Gasteiger charge is 2.53. The van der Waals surface area contributed by atoms with Crippen LogP contribution in [0.2, 0.25) is 0 Å². The smallest absolute Gasteiger partial charge is 0.252 e. The number of hydrogen-bond donors (Lipinski definition) is 0. The molecule has 0 amide bonds. The molecule has 13 rings (SSSR count). The van der Waals surface area contributed by atoms with Crippen LogP contribution in [0.25, 0.3) is 33.4 Å². The van der Waals surface area contributed by atoms with Crippen LogP contribution in [0.3, 0.4) is 0 Å². The van der Waals surface area contributed by atoms with Gasteiger partial charge in [0.1, 0.15) is 0 Å². The Morgan fingerprint density at radius 1 is 0.324 bits per heavy atom. The highest BCUT2D eigenvalue weighted by Crippen LogP contribution is 2.65. The number of hydrogen-bond acceptors (Lipinski definition) is 2. The summed E-state index contributed by atoms with van der Waals surface area (Å²) in [5.74, 6) is 0. The lowest BCUT2D eigenvalue weighted by Crippen LogP contribution is -2.61. The summed E-state index contributed by atoms with van der Waals surface area (Å²) in [4.78, 5) is 5.22. The average Bonchev–Trinajstić information content (AvgIpc) is 3.90. The molecule has 0 atom stereocenters. The minimum atomic E-state index is -0.512. The summed E-state index contributed by atoms with van der Waals surface area (Å²) in [5.41, 5.74) is 29.2. The molecule has 2 aliphatic carbocycles. The molecule has 0 unspecified atom stereocenters. The zero-order valence-corrected chi connectivity index (χ0v) is 45.4. The van der Waals surface area contributed by atoms with Crippen LogP contribution in [0, 0.1) is 0 Å². The number of rotatable bonds is 3. The highest BCUT2D eigenvalue weighted by molar-refractivity contribution is 7.00. The molecule has 0 saturated heterocycles. The van der Waals surface area contributed by atoms with E-state index in [4.69, 9.17) is 0 Å². The van der Waals surface area contributed by atoms with E-state index < -0.39 is 5.41 Å². The van der Waals surface area contributed by atoms with Crippen molar-refractivity contribution in [2.24, 2.45) is 0 Å². The average molecular weight is 959 g/mol. The van der Waals surface area contributed by atoms with E-state index in [2.05, 4.69) is 281 Å². The van der Waals surface area contributed by atoms with Gasteiger partial charge in [-0.2, -0.15) is 0 Å². The summed E-state index contributed by atoms with van der Waals surface area (Å²) in [6, 6.07) is 73.6. The van der Waals surface area contributed by atoms with Crippen molar-refractivity contribution in [3.63, 3.8) is 0 Å². The Morgan fingerprint density at radius 3 is 1.08 bits per heavy atom. The first-order chi connectivity index (χ1) is 35.2. The molecule has 0 aromatic heterocycles. The summed E-state index contributed by atoms with van der Waals surface area (Å²) in [7, 11) is 0. The van der Waals surface area contributed by atoms with Crippen molar-refractivity contribution in [1.82, 2.24) is 0 Å². The summed E-state index contributed by atoms with van der Waals surface area (Å²) >= 11 is 0. The van der Waals surface area contributed by atoms with Gasteiger partial charge in [-0.05, 0) is 164 Å². The van der Waals surface area contributed by atoms with Gasteiger partial charge in [-0.15, -0.1) is 0 Å². The molecule has 0 saturated carbocycles. The van der Waals surface area contributed by atoms with Crippen LogP contribution in [-0.4, -0.2) is 6.71 Å². The van der Waals surface area contributed by atoms with Crippen LogP contribution in [0.15, 0.2) is 188 Å². The van der Waals surface area contributed by atoms with Gasteiger partial charge < -0.3 is 9.80 Å². The third-order valence-electron chi connectivity index (χ3n) is 17.1. The van der Waals surface area contributed by atoms with E-state index in [0.717, 1.165) is 11.4 Å². The predicted molar refractivity (Wildman–Crippen MR) is 317 cm³/mol. The van der Waals surface area contributed by atoms with Gasteiger partial charge in [-0.1, -0.05) is 223 Å². The molecule has 0 bridgehead atoms. The van der Waals surface area contributed by atoms with Crippen molar-refractivity contribution in [1.29, 1.82) is 0 Å². The standard InChI is InChI=1S/C71H67BN2/c1-67(2,3)45-28-34-49(35-29-45)73-61-38-32-47(69(7,8)9)42-59(61)72-60-43-48(70(10,11)12)33-39-62(60)74(50-36-30-46(31-37-50)68(4,5)6)64-41-44(40-63(73)66(64)72)51-23-19-24-55-54-22-15-18-27-58(54)71(65(51)55)56-25-16-13-20-52(56)53-21-14-17-26-57(53)71/h13-43H,1-12H3. The summed E-state index contributed by atoms with van der Waals surface area (Å²) < 4.78 is 0. The normalized spacial score (nSPS) is 14.8. The maximum absolute atomic E-state index is 2.61. The van der Waals surface area contributed by atoms with Gasteiger partial charge in [0.15, 0.2) is 0 Å². The Morgan fingerprint density at radius 2 is 0.676 bits per heavy atom. The number of nitrogens with zero attached hydrogens (tertiary/aromatic N) is 2. The molecule has 2 aliphatic heterocycles. The monoisotopic (exact) mass is 959 g/mol. The SMILES string of the molecule is CC(C)(C)c1ccc(N2c3ccc(C(C)(C)C)cc3B3c4cc(C(C)(C)C)ccc4N(c4ccc(C(C)(C)C)cc4)c4cc(-c5cccc6c5C5(c7ccccc7-c7ccccc75)c5ccccc5-6)cc2c43)cc1. The van der Waals surface area contributed by atoms with Gasteiger partial charge in [-0.25, -0.2) is 0 Å². The van der Waals surface area contributed by atoms with Crippen LogP contribution < -0.4 is 26.2 Å². The van der Waals surface area contributed by atoms with Gasteiger partial charge in [0.25, 0.3) is 6.71 Å². The molecule has 2 heterocycles. The first-order valence-electron chi connectivity index (χ1n) is 27.0. The molecule has 2 nitrogen and oxygen atoms in total. The van der Waals surface area contributed by atoms with Crippen molar-refractivity contribution in [2.75, 3.05) is 9.80 Å². The Labute approximate surface area is 440 Å². The molecular weight excluding hydrogens is 892 g/mol. The van der Waals surface area contributed by atoms with Crippen molar-refractivity contribution in [3.05, 3.63) is 233 Å². The van der Waals surface area contributed by atoms with Crippen LogP contribution >= 0.6 is 0 Å². The lowest BCUT2D eigenvalue weighted by atomic mass is 9.33. The number of benzene rings is 9. The van der Waals surface area contributed by atoms with E-state index >= 15 is 0 Å². The molecule has 9 aromatic carbocycles. The maximum Gasteiger partial charge on any atom is 0.252 e. The van der Waals surface area contributed by atoms with Gasteiger partial charge in [0.2, 0.25) is 0 Å². The molecule has 4 aliphatic rings. The fourth-order valence-corrected chi connectivity index (χ4v) is 13.3. The third-order valence-corrected chi connectivity index (χ3v) is 17.1. The number of fused-ring (bicyclic) bond motifs is 14. The maximum atomic E-state index is 2.61. The van der Waals surface area contributed by atoms with Crippen molar-refractivity contribution in [2.45, 2.75) is 110 Å². The Balaban J connectivity index is 1.17. The lowest BCUT2D eigenvalue weighted by Gasteiger charge is -2.45. The van der Waals surface area contributed by atoms with E-state index in [1.165, 1.54) is 117 Å². The quantitative estimate of drug-likeness (QED) is 0.163. The molecule has 0 N–H and O–H groups in total. The molecular formula is C71H67BN2. The molecule has 0 radical (unpaired) electrons. The first-order valence-corrected chi connectivity index (χ1v) is 27.0. The second kappa shape index (κ2) is 15.8. The van der Waals surface area contributed by atoms with Crippen molar-refractivity contribution < 1.29 is 0 Å². The zero-order valence-electron chi connectivity index (χ0n) is 45.4. The fraction of sp³-hybridized carbons (Fsp3) is 0.239. The largest absolute Gasteiger partial charge is 0.311 e. The van der Waals surface area contributed by atoms with E-state index in [1.807, 2.05) is 0 Å². The topological polar surface area (TPSA) is 6.48 Å². The van der Waals surface area contributed by atoms with Crippen LogP contribution in [0.5, 0.6) is 0 Å². The molecule has 364 valence electrons. The van der Waals surface area contributed by atoms with E-state index in [-0.39, 0.29) is 28.4 Å². The van der Waals surface area contributed by atoms with Crippen LogP contribution in [0.4, 0.5) is 34.1 Å². The molecule has 0 fully saturated rings. The van der Waals surface area contributed by atoms with Crippen LogP contribution in [0.1, 0.15) is 128 Å². The predicted octanol–water partition coefficient (Wildman–Crippen LogP) is 17.0. The second-order valence-corrected chi connectivity index (χ2v) is 25.8. The van der Waals surface area contributed by atoms with Gasteiger partial charge in [-0.3, -0.25) is 0 Å². The Hall–Kier alpha value is -7.36. The summed E-state index contributed by atoms with van der Waals surface area (Å²) in [6.45, 7) is 28.0. The third kappa shape index (κ3) is 6.70. The second-order valence-electron chi connectivity index (χ2n) is 25.8. The minimum Gasteiger partial charge on any atom is -0.311 e. The Bertz CT molecular complexity index is 3560. The summed E-state index contributed by atoms with van der Waals surface area (Å²) in [5, 5.41) is 0. The molecule has 1 spiro atoms. The van der Waals surface area contributed by atoms with E-state index in [9.17, 15) is 0 Å². The van der Waals surface area contributed by atoms with E-state index in [1.54, 1.807) is 0 Å². The first kappa shape index (κ1) is 46.4. The fourth-order valence-electron chi connectivity index (χ4n) is 13.3. The van der Waals surface area contributed by atoms with E-state index in [0.29, 0.717) is 0 Å². The minimum absolute atomic E-state index is 0.0142. The van der Waals surface area contributed by atoms with Gasteiger partial charge in [0, 0.05) is 34.1 Å². The van der Waals surface area contributed by atoms with Gasteiger partial charge in [0.05, 0.1) is 5.41 Å². The van der Waals surface area contributed by atoms with Crippen LogP contribution in [-0.2, 0) is 27.1 Å². The zero-order chi connectivity index (χ0) is 51.4. The number of anilines is 6. The van der Waals surface area contributed by atoms with Crippen molar-refractivity contribution >= 4 is 57.2 Å². The lowest BCUT2D eigenvalue weighted by molar-refractivity contribution is 0.590. The highest BCUT2D eigenvalue weighted by atomic mass is 15.2. The summed E-state index contributed by atoms with van der Waals surface area (Å²) in [6.07, 6.45) is 0. The molecule has 74 heavy (non-hydrogen) atoms. The van der Waals surface area contributed by atoms with Crippen molar-refractivity contribution in [3.8, 4) is 33.4 Å². The molecule has 9 aromatic rings. The van der Waals surface area contributed by atoms with Gasteiger partial charge >= 0.3 is 0 Å².